The molecular weight excluding hydrogens is 336 g/mol. The number of hydrogen-bond donors (Lipinski definition) is 0. The minimum absolute atomic E-state index is 0.0275. The summed E-state index contributed by atoms with van der Waals surface area (Å²) in [5, 5.41) is 8.98. The van der Waals surface area contributed by atoms with Crippen molar-refractivity contribution in [1.29, 1.82) is 0 Å². The Morgan fingerprint density at radius 3 is 2.92 bits per heavy atom. The molecule has 3 heterocycles. The summed E-state index contributed by atoms with van der Waals surface area (Å²) < 4.78 is 2.25. The van der Waals surface area contributed by atoms with Gasteiger partial charge in [-0.15, -0.1) is 5.10 Å². The number of halogens is 1. The third-order valence-electron chi connectivity index (χ3n) is 4.99. The van der Waals surface area contributed by atoms with Crippen LogP contribution in [0.2, 0.25) is 5.15 Å². The molecule has 0 saturated carbocycles. The molecule has 5 nitrogen and oxygen atoms in total. The molecule has 0 bridgehead atoms. The molecule has 25 heavy (non-hydrogen) atoms. The Morgan fingerprint density at radius 2 is 2.12 bits per heavy atom. The van der Waals surface area contributed by atoms with Crippen molar-refractivity contribution < 1.29 is 4.79 Å². The Hall–Kier alpha value is -2.40. The van der Waals surface area contributed by atoms with Crippen molar-refractivity contribution in [2.75, 3.05) is 13.1 Å². The Balaban J connectivity index is 1.60. The molecule has 0 N–H and O–H groups in total. The third kappa shape index (κ3) is 3.00. The second kappa shape index (κ2) is 6.48. The smallest absolute Gasteiger partial charge is 0.255 e. The number of nitrogens with zero attached hydrogens (tertiary/aromatic N) is 4. The number of fused-ring (bicyclic) bond motifs is 1. The van der Waals surface area contributed by atoms with Gasteiger partial charge in [-0.25, -0.2) is 0 Å². The predicted octanol–water partition coefficient (Wildman–Crippen LogP) is 3.64. The molecule has 6 heteroatoms. The molecule has 1 aliphatic rings. The van der Waals surface area contributed by atoms with Gasteiger partial charge in [-0.1, -0.05) is 29.8 Å². The molecule has 1 aromatic carbocycles. The fourth-order valence-corrected chi connectivity index (χ4v) is 3.91. The van der Waals surface area contributed by atoms with Crippen LogP contribution in [0.3, 0.4) is 0 Å². The Bertz CT molecular complexity index is 936. The van der Waals surface area contributed by atoms with Crippen molar-refractivity contribution in [3.63, 3.8) is 0 Å². The van der Waals surface area contributed by atoms with Gasteiger partial charge in [0, 0.05) is 37.3 Å². The lowest BCUT2D eigenvalue weighted by Gasteiger charge is -2.33. The van der Waals surface area contributed by atoms with E-state index < -0.39 is 0 Å². The first-order valence-corrected chi connectivity index (χ1v) is 8.83. The third-order valence-corrected chi connectivity index (χ3v) is 5.17. The summed E-state index contributed by atoms with van der Waals surface area (Å²) >= 11 is 5.87. The van der Waals surface area contributed by atoms with Crippen LogP contribution in [-0.2, 0) is 7.05 Å². The van der Waals surface area contributed by atoms with Crippen LogP contribution in [0.25, 0.3) is 10.9 Å². The van der Waals surface area contributed by atoms with Gasteiger partial charge in [0.15, 0.2) is 5.15 Å². The number of carbonyl (C=O) groups is 1. The van der Waals surface area contributed by atoms with Crippen molar-refractivity contribution in [3.05, 3.63) is 59.0 Å². The molecule has 0 radical (unpaired) electrons. The van der Waals surface area contributed by atoms with Gasteiger partial charge in [-0.2, -0.15) is 5.10 Å². The summed E-state index contributed by atoms with van der Waals surface area (Å²) in [6, 6.07) is 12.2. The number of piperidine rings is 1. The zero-order valence-electron chi connectivity index (χ0n) is 14.0. The van der Waals surface area contributed by atoms with E-state index in [0.29, 0.717) is 18.0 Å². The molecule has 1 amide bonds. The van der Waals surface area contributed by atoms with Crippen LogP contribution in [0, 0.1) is 0 Å². The molecule has 1 fully saturated rings. The first-order chi connectivity index (χ1) is 12.1. The summed E-state index contributed by atoms with van der Waals surface area (Å²) in [6.45, 7) is 1.47. The second-order valence-electron chi connectivity index (χ2n) is 6.54. The summed E-state index contributed by atoms with van der Waals surface area (Å²) in [7, 11) is 2.10. The monoisotopic (exact) mass is 354 g/mol. The van der Waals surface area contributed by atoms with E-state index in [1.165, 1.54) is 22.8 Å². The molecule has 0 spiro atoms. The molecule has 128 valence electrons. The SMILES string of the molecule is Cn1c(C2CCCN(C(=O)c3cnnc(Cl)c3)C2)cc2ccccc21. The van der Waals surface area contributed by atoms with Crippen molar-refractivity contribution in [2.24, 2.45) is 7.05 Å². The minimum atomic E-state index is -0.0275. The van der Waals surface area contributed by atoms with Crippen LogP contribution < -0.4 is 0 Å². The standard InChI is InChI=1S/C19H19ClN4O/c1-23-16-7-3-2-5-13(16)9-17(23)14-6-4-8-24(12-14)19(25)15-10-18(20)22-21-11-15/h2-3,5,7,9-11,14H,4,6,8,12H2,1H3. The van der Waals surface area contributed by atoms with Gasteiger partial charge in [0.2, 0.25) is 0 Å². The number of aryl methyl sites for hydroxylation is 1. The van der Waals surface area contributed by atoms with Crippen molar-refractivity contribution in [1.82, 2.24) is 19.7 Å². The molecule has 3 aromatic rings. The number of benzene rings is 1. The van der Waals surface area contributed by atoms with Crippen LogP contribution in [0.4, 0.5) is 0 Å². The topological polar surface area (TPSA) is 51.0 Å². The average molecular weight is 355 g/mol. The molecule has 0 aliphatic carbocycles. The van der Waals surface area contributed by atoms with Crippen LogP contribution in [0.5, 0.6) is 0 Å². The van der Waals surface area contributed by atoms with E-state index in [4.69, 9.17) is 11.6 Å². The van der Waals surface area contributed by atoms with Gasteiger partial charge in [0.1, 0.15) is 0 Å². The van der Waals surface area contributed by atoms with E-state index in [9.17, 15) is 4.79 Å². The van der Waals surface area contributed by atoms with Crippen LogP contribution in [-0.4, -0.2) is 38.7 Å². The molecule has 4 rings (SSSR count). The van der Waals surface area contributed by atoms with Gasteiger partial charge < -0.3 is 9.47 Å². The first-order valence-electron chi connectivity index (χ1n) is 8.45. The lowest BCUT2D eigenvalue weighted by molar-refractivity contribution is 0.0704. The largest absolute Gasteiger partial charge is 0.347 e. The van der Waals surface area contributed by atoms with Crippen molar-refractivity contribution in [3.8, 4) is 0 Å². The Morgan fingerprint density at radius 1 is 1.28 bits per heavy atom. The van der Waals surface area contributed by atoms with E-state index in [2.05, 4.69) is 52.1 Å². The zero-order chi connectivity index (χ0) is 17.4. The molecule has 2 aromatic heterocycles. The summed E-state index contributed by atoms with van der Waals surface area (Å²) in [5.74, 6) is 0.306. The number of carbonyl (C=O) groups excluding carboxylic acids is 1. The van der Waals surface area contributed by atoms with Gasteiger partial charge in [-0.05, 0) is 36.4 Å². The van der Waals surface area contributed by atoms with E-state index in [0.717, 1.165) is 19.4 Å². The molecule has 1 unspecified atom stereocenters. The Labute approximate surface area is 151 Å². The number of aromatic nitrogens is 3. The fraction of sp³-hybridized carbons (Fsp3) is 0.316. The number of rotatable bonds is 2. The Kier molecular flexibility index (Phi) is 4.17. The second-order valence-corrected chi connectivity index (χ2v) is 6.93. The maximum atomic E-state index is 12.8. The normalized spacial score (nSPS) is 17.8. The van der Waals surface area contributed by atoms with E-state index in [1.807, 2.05) is 4.90 Å². The molecular formula is C19H19ClN4O. The molecule has 1 aliphatic heterocycles. The lowest BCUT2D eigenvalue weighted by atomic mass is 9.94. The number of hydrogen-bond acceptors (Lipinski definition) is 3. The van der Waals surface area contributed by atoms with E-state index >= 15 is 0 Å². The van der Waals surface area contributed by atoms with Gasteiger partial charge >= 0.3 is 0 Å². The lowest BCUT2D eigenvalue weighted by Crippen LogP contribution is -2.39. The maximum Gasteiger partial charge on any atom is 0.255 e. The first kappa shape index (κ1) is 16.1. The van der Waals surface area contributed by atoms with Gasteiger partial charge in [0.05, 0.1) is 11.8 Å². The van der Waals surface area contributed by atoms with Crippen molar-refractivity contribution in [2.45, 2.75) is 18.8 Å². The highest BCUT2D eigenvalue weighted by Gasteiger charge is 2.27. The zero-order valence-corrected chi connectivity index (χ0v) is 14.8. The van der Waals surface area contributed by atoms with Crippen LogP contribution in [0.15, 0.2) is 42.6 Å². The fourth-order valence-electron chi connectivity index (χ4n) is 3.75. The van der Waals surface area contributed by atoms with E-state index in [-0.39, 0.29) is 11.1 Å². The maximum absolute atomic E-state index is 12.8. The predicted molar refractivity (Wildman–Crippen MR) is 97.8 cm³/mol. The highest BCUT2D eigenvalue weighted by Crippen LogP contribution is 2.31. The highest BCUT2D eigenvalue weighted by atomic mass is 35.5. The molecule has 1 atom stereocenters. The van der Waals surface area contributed by atoms with Gasteiger partial charge in [0.25, 0.3) is 5.91 Å². The highest BCUT2D eigenvalue weighted by molar-refractivity contribution is 6.29. The quantitative estimate of drug-likeness (QED) is 0.706. The van der Waals surface area contributed by atoms with Crippen LogP contribution in [0.1, 0.15) is 34.8 Å². The number of para-hydroxylation sites is 1. The average Bonchev–Trinajstić information content (AvgIpc) is 2.98. The summed E-state index contributed by atoms with van der Waals surface area (Å²) in [4.78, 5) is 14.7. The van der Waals surface area contributed by atoms with Crippen molar-refractivity contribution >= 4 is 28.4 Å². The minimum Gasteiger partial charge on any atom is -0.347 e. The molecule has 1 saturated heterocycles. The summed E-state index contributed by atoms with van der Waals surface area (Å²) in [6.07, 6.45) is 3.56. The van der Waals surface area contributed by atoms with E-state index in [1.54, 1.807) is 6.07 Å². The van der Waals surface area contributed by atoms with Gasteiger partial charge in [-0.3, -0.25) is 4.79 Å². The van der Waals surface area contributed by atoms with Crippen LogP contribution >= 0.6 is 11.6 Å². The summed E-state index contributed by atoms with van der Waals surface area (Å²) in [5.41, 5.74) is 3.01. The number of amides is 1. The number of likely N-dealkylation sites (tertiary alicyclic amines) is 1.